The van der Waals surface area contributed by atoms with Crippen molar-refractivity contribution in [1.82, 2.24) is 4.98 Å². The van der Waals surface area contributed by atoms with Gasteiger partial charge in [-0.15, -0.1) is 0 Å². The average Bonchev–Trinajstić information content (AvgIpc) is 2.27. The van der Waals surface area contributed by atoms with Crippen molar-refractivity contribution in [3.05, 3.63) is 23.8 Å². The molecule has 0 spiro atoms. The number of allylic oxidation sites excluding steroid dienone is 2. The Labute approximate surface area is 102 Å². The number of nitrogens with two attached hydrogens (primary N) is 1. The zero-order valence-corrected chi connectivity index (χ0v) is 11.2. The third-order valence-electron chi connectivity index (χ3n) is 2.20. The van der Waals surface area contributed by atoms with Crippen molar-refractivity contribution in [3.8, 4) is 0 Å². The number of rotatable bonds is 4. The van der Waals surface area contributed by atoms with Crippen LogP contribution in [0.5, 0.6) is 0 Å². The zero-order chi connectivity index (χ0) is 12.0. The first kappa shape index (κ1) is 12.9. The summed E-state index contributed by atoms with van der Waals surface area (Å²) < 4.78 is 5.44. The van der Waals surface area contributed by atoms with Gasteiger partial charge in [0.05, 0.1) is 4.61 Å². The molecule has 0 aromatic heterocycles. The largest absolute Gasteiger partial charge is 0.445 e. The van der Waals surface area contributed by atoms with Gasteiger partial charge in [-0.2, -0.15) is 0 Å². The van der Waals surface area contributed by atoms with E-state index in [1.54, 1.807) is 0 Å². The molecular formula is C10H16N2O2SSi. The highest BCUT2D eigenvalue weighted by Gasteiger charge is 2.12. The summed E-state index contributed by atoms with van der Waals surface area (Å²) in [6.45, 7) is 2.16. The van der Waals surface area contributed by atoms with E-state index in [1.165, 1.54) is 0 Å². The predicted octanol–water partition coefficient (Wildman–Crippen LogP) is 1.17. The number of ether oxygens (including phenoxy) is 1. The normalized spacial score (nSPS) is 16.2. The molecule has 0 heterocycles. The minimum atomic E-state index is -1.66. The second-order valence-electron chi connectivity index (χ2n) is 3.60. The highest BCUT2D eigenvalue weighted by Crippen LogP contribution is 2.09. The average molecular weight is 256 g/mol. The summed E-state index contributed by atoms with van der Waals surface area (Å²) in [5.74, 6) is 0. The van der Waals surface area contributed by atoms with Gasteiger partial charge in [0.1, 0.15) is 6.61 Å². The Morgan fingerprint density at radius 2 is 2.44 bits per heavy atom. The molecule has 0 aliphatic heterocycles. The van der Waals surface area contributed by atoms with Gasteiger partial charge in [-0.05, 0) is 25.0 Å². The molecule has 0 saturated carbocycles. The molecule has 0 aromatic rings. The van der Waals surface area contributed by atoms with Crippen molar-refractivity contribution in [3.63, 3.8) is 0 Å². The van der Waals surface area contributed by atoms with Crippen molar-refractivity contribution >= 4 is 31.9 Å². The van der Waals surface area contributed by atoms with E-state index in [9.17, 15) is 4.79 Å². The molecule has 0 unspecified atom stereocenters. The fourth-order valence-corrected chi connectivity index (χ4v) is 1.97. The lowest BCUT2D eigenvalue weighted by Crippen LogP contribution is -2.46. The molecular weight excluding hydrogens is 240 g/mol. The molecule has 0 aromatic carbocycles. The first-order chi connectivity index (χ1) is 7.59. The van der Waals surface area contributed by atoms with E-state index in [0.717, 1.165) is 18.4 Å². The van der Waals surface area contributed by atoms with E-state index >= 15 is 0 Å². The molecule has 1 amide bonds. The number of carbonyl (C=O) groups is 1. The van der Waals surface area contributed by atoms with Crippen LogP contribution in [0.3, 0.4) is 0 Å². The molecule has 1 atom stereocenters. The van der Waals surface area contributed by atoms with Gasteiger partial charge < -0.3 is 15.5 Å². The summed E-state index contributed by atoms with van der Waals surface area (Å²) in [6, 6.07) is 0. The van der Waals surface area contributed by atoms with Crippen LogP contribution in [0.15, 0.2) is 23.8 Å². The fraction of sp³-hybridized carbons (Fsp3) is 0.400. The quantitative estimate of drug-likeness (QED) is 0.585. The van der Waals surface area contributed by atoms with E-state index < -0.39 is 15.1 Å². The third kappa shape index (κ3) is 4.58. The molecule has 6 heteroatoms. The van der Waals surface area contributed by atoms with Crippen LogP contribution in [0.2, 0.25) is 6.55 Å². The number of carbonyl (C=O) groups excluding carboxylic acids is 1. The number of thiocarbonyl (C=S) groups is 1. The molecule has 1 aliphatic rings. The van der Waals surface area contributed by atoms with Crippen LogP contribution in [0, 0.1) is 0 Å². The van der Waals surface area contributed by atoms with Crippen LogP contribution in [-0.4, -0.2) is 26.3 Å². The van der Waals surface area contributed by atoms with Gasteiger partial charge >= 0.3 is 6.09 Å². The zero-order valence-electron chi connectivity index (χ0n) is 9.23. The number of hydrogen-bond donors (Lipinski definition) is 2. The highest BCUT2D eigenvalue weighted by molar-refractivity contribution is 7.83. The van der Waals surface area contributed by atoms with Crippen LogP contribution in [0.4, 0.5) is 4.79 Å². The maximum absolute atomic E-state index is 11.3. The summed E-state index contributed by atoms with van der Waals surface area (Å²) in [4.78, 5) is 14.0. The summed E-state index contributed by atoms with van der Waals surface area (Å²) in [6.07, 6.45) is 7.75. The Bertz CT molecular complexity index is 342. The summed E-state index contributed by atoms with van der Waals surface area (Å²) >= 11 is 4.79. The monoisotopic (exact) mass is 256 g/mol. The molecule has 3 N–H and O–H groups in total. The summed E-state index contributed by atoms with van der Waals surface area (Å²) in [5, 5.41) is 0. The van der Waals surface area contributed by atoms with Gasteiger partial charge in [-0.1, -0.05) is 30.4 Å². The van der Waals surface area contributed by atoms with Crippen molar-refractivity contribution in [2.45, 2.75) is 19.4 Å². The van der Waals surface area contributed by atoms with E-state index in [0.29, 0.717) is 11.2 Å². The Balaban J connectivity index is 2.27. The van der Waals surface area contributed by atoms with E-state index in [4.69, 9.17) is 22.7 Å². The van der Waals surface area contributed by atoms with Crippen molar-refractivity contribution in [1.29, 1.82) is 0 Å². The summed E-state index contributed by atoms with van der Waals surface area (Å²) in [5.41, 5.74) is 6.46. The van der Waals surface area contributed by atoms with Crippen LogP contribution >= 0.6 is 12.2 Å². The molecule has 0 fully saturated rings. The van der Waals surface area contributed by atoms with Crippen molar-refractivity contribution in [2.75, 3.05) is 6.61 Å². The highest BCUT2D eigenvalue weighted by atomic mass is 32.1. The standard InChI is InChI=1S/C10H16N2O2SSi/c1-16(9(11)15)12-10(13)14-7-8-5-3-2-4-6-8/h3,5-6,16H,2,4,7H2,1H3,(H2,11,15)(H,12,13)/t16-/m0/s1. The van der Waals surface area contributed by atoms with Crippen LogP contribution in [-0.2, 0) is 4.74 Å². The van der Waals surface area contributed by atoms with Crippen molar-refractivity contribution in [2.24, 2.45) is 5.73 Å². The Morgan fingerprint density at radius 3 is 3.00 bits per heavy atom. The Hall–Kier alpha value is -1.14. The van der Waals surface area contributed by atoms with Gasteiger partial charge in [0.25, 0.3) is 0 Å². The second kappa shape index (κ2) is 6.44. The molecule has 0 radical (unpaired) electrons. The first-order valence-corrected chi connectivity index (χ1v) is 7.89. The topological polar surface area (TPSA) is 64.3 Å². The minimum absolute atomic E-state index is 0.306. The van der Waals surface area contributed by atoms with E-state index in [1.807, 2.05) is 12.6 Å². The molecule has 16 heavy (non-hydrogen) atoms. The van der Waals surface area contributed by atoms with Gasteiger partial charge in [0.15, 0.2) is 0 Å². The fourth-order valence-electron chi connectivity index (χ4n) is 1.21. The Kier molecular flexibility index (Phi) is 5.20. The molecule has 0 saturated heterocycles. The lowest BCUT2D eigenvalue weighted by atomic mass is 10.1. The smallest absolute Gasteiger partial charge is 0.399 e. The van der Waals surface area contributed by atoms with Gasteiger partial charge in [0, 0.05) is 0 Å². The van der Waals surface area contributed by atoms with Crippen LogP contribution in [0.25, 0.3) is 0 Å². The molecule has 0 bridgehead atoms. The van der Waals surface area contributed by atoms with Crippen LogP contribution < -0.4 is 10.7 Å². The lowest BCUT2D eigenvalue weighted by Gasteiger charge is -2.12. The van der Waals surface area contributed by atoms with Gasteiger partial charge in [-0.25, -0.2) is 4.79 Å². The third-order valence-corrected chi connectivity index (χ3v) is 4.79. The second-order valence-corrected chi connectivity index (χ2v) is 6.85. The number of hydrogen-bond acceptors (Lipinski definition) is 3. The van der Waals surface area contributed by atoms with Crippen LogP contribution in [0.1, 0.15) is 12.8 Å². The minimum Gasteiger partial charge on any atom is -0.445 e. The predicted molar refractivity (Wildman–Crippen MR) is 70.7 cm³/mol. The number of nitrogens with one attached hydrogen (secondary N) is 1. The first-order valence-electron chi connectivity index (χ1n) is 5.18. The molecule has 88 valence electrons. The van der Waals surface area contributed by atoms with Gasteiger partial charge in [-0.3, -0.25) is 0 Å². The Morgan fingerprint density at radius 1 is 1.69 bits per heavy atom. The summed E-state index contributed by atoms with van der Waals surface area (Å²) in [7, 11) is -1.66. The maximum Gasteiger partial charge on any atom is 0.399 e. The van der Waals surface area contributed by atoms with Gasteiger partial charge in [0.2, 0.25) is 8.96 Å². The van der Waals surface area contributed by atoms with E-state index in [2.05, 4.69) is 17.1 Å². The van der Waals surface area contributed by atoms with E-state index in [-0.39, 0.29) is 0 Å². The lowest BCUT2D eigenvalue weighted by molar-refractivity contribution is 0.162. The molecule has 1 aliphatic carbocycles. The SMILES string of the molecule is C[Si@H](NC(=O)OCC1=CCCC=C1)C(N)=S. The molecule has 1 rings (SSSR count). The number of amides is 1. The van der Waals surface area contributed by atoms with Crippen molar-refractivity contribution < 1.29 is 9.53 Å². The maximum atomic E-state index is 11.3. The molecule has 4 nitrogen and oxygen atoms in total.